The maximum atomic E-state index is 6.00. The summed E-state index contributed by atoms with van der Waals surface area (Å²) < 4.78 is 1.66. The SMILES string of the molecule is NC(CNc1nc2ccc(Cl)cn2n1)C1CC1. The summed E-state index contributed by atoms with van der Waals surface area (Å²) in [5, 5.41) is 8.09. The van der Waals surface area contributed by atoms with E-state index in [1.165, 1.54) is 12.8 Å². The van der Waals surface area contributed by atoms with Gasteiger partial charge >= 0.3 is 0 Å². The predicted molar refractivity (Wildman–Crippen MR) is 67.2 cm³/mol. The Morgan fingerprint density at radius 2 is 2.35 bits per heavy atom. The second-order valence-corrected chi connectivity index (χ2v) is 4.90. The number of nitrogens with two attached hydrogens (primary N) is 1. The van der Waals surface area contributed by atoms with E-state index >= 15 is 0 Å². The molecule has 3 rings (SSSR count). The first-order valence-electron chi connectivity index (χ1n) is 5.74. The molecule has 5 nitrogen and oxygen atoms in total. The van der Waals surface area contributed by atoms with Gasteiger partial charge in [-0.3, -0.25) is 0 Å². The van der Waals surface area contributed by atoms with Gasteiger partial charge in [-0.05, 0) is 30.9 Å². The van der Waals surface area contributed by atoms with E-state index in [1.54, 1.807) is 16.8 Å². The lowest BCUT2D eigenvalue weighted by Gasteiger charge is -2.09. The molecule has 1 aliphatic carbocycles. The number of nitrogens with one attached hydrogen (secondary N) is 1. The van der Waals surface area contributed by atoms with Crippen molar-refractivity contribution in [2.24, 2.45) is 11.7 Å². The van der Waals surface area contributed by atoms with Gasteiger partial charge in [0.15, 0.2) is 5.65 Å². The zero-order chi connectivity index (χ0) is 11.8. The van der Waals surface area contributed by atoms with Crippen LogP contribution in [0.1, 0.15) is 12.8 Å². The summed E-state index contributed by atoms with van der Waals surface area (Å²) in [4.78, 5) is 4.33. The van der Waals surface area contributed by atoms with Gasteiger partial charge in [0.1, 0.15) is 0 Å². The van der Waals surface area contributed by atoms with Crippen LogP contribution in [0.3, 0.4) is 0 Å². The van der Waals surface area contributed by atoms with Crippen molar-refractivity contribution < 1.29 is 0 Å². The molecule has 2 aromatic heterocycles. The Bertz CT molecular complexity index is 534. The number of hydrogen-bond acceptors (Lipinski definition) is 4. The first-order chi connectivity index (χ1) is 8.22. The molecule has 3 N–H and O–H groups in total. The van der Waals surface area contributed by atoms with Gasteiger partial charge in [0.25, 0.3) is 0 Å². The highest BCUT2D eigenvalue weighted by molar-refractivity contribution is 6.30. The third-order valence-electron chi connectivity index (χ3n) is 3.02. The van der Waals surface area contributed by atoms with Crippen molar-refractivity contribution >= 4 is 23.2 Å². The van der Waals surface area contributed by atoms with Gasteiger partial charge < -0.3 is 11.1 Å². The van der Waals surface area contributed by atoms with Crippen molar-refractivity contribution in [1.29, 1.82) is 0 Å². The summed E-state index contributed by atoms with van der Waals surface area (Å²) in [5.74, 6) is 1.28. The van der Waals surface area contributed by atoms with Gasteiger partial charge in [-0.25, -0.2) is 4.52 Å². The Morgan fingerprint density at radius 1 is 1.53 bits per heavy atom. The van der Waals surface area contributed by atoms with E-state index in [4.69, 9.17) is 17.3 Å². The number of halogens is 1. The van der Waals surface area contributed by atoms with Crippen LogP contribution in [0.5, 0.6) is 0 Å². The minimum atomic E-state index is 0.199. The van der Waals surface area contributed by atoms with Crippen molar-refractivity contribution in [3.63, 3.8) is 0 Å². The van der Waals surface area contributed by atoms with Crippen LogP contribution in [0, 0.1) is 5.92 Å². The minimum absolute atomic E-state index is 0.199. The van der Waals surface area contributed by atoms with Gasteiger partial charge in [-0.15, -0.1) is 5.10 Å². The quantitative estimate of drug-likeness (QED) is 0.865. The Hall–Kier alpha value is -1.33. The average Bonchev–Trinajstić information content (AvgIpc) is 3.07. The molecule has 1 fully saturated rings. The molecular weight excluding hydrogens is 238 g/mol. The third-order valence-corrected chi connectivity index (χ3v) is 3.24. The van der Waals surface area contributed by atoms with Crippen LogP contribution in [-0.2, 0) is 0 Å². The van der Waals surface area contributed by atoms with E-state index in [9.17, 15) is 0 Å². The van der Waals surface area contributed by atoms with Crippen LogP contribution in [0.4, 0.5) is 5.95 Å². The third kappa shape index (κ3) is 2.35. The normalized spacial score (nSPS) is 17.3. The number of aromatic nitrogens is 3. The molecule has 1 saturated carbocycles. The number of rotatable bonds is 4. The number of pyridine rings is 1. The summed E-state index contributed by atoms with van der Waals surface area (Å²) in [6.07, 6.45) is 4.23. The van der Waals surface area contributed by atoms with Crippen molar-refractivity contribution in [2.45, 2.75) is 18.9 Å². The monoisotopic (exact) mass is 251 g/mol. The highest BCUT2D eigenvalue weighted by Gasteiger charge is 2.28. The topological polar surface area (TPSA) is 68.2 Å². The lowest BCUT2D eigenvalue weighted by Crippen LogP contribution is -2.31. The number of anilines is 1. The second kappa shape index (κ2) is 4.16. The molecule has 1 aliphatic rings. The molecule has 0 aliphatic heterocycles. The summed E-state index contributed by atoms with van der Waals surface area (Å²) in [6.45, 7) is 0.718. The number of fused-ring (bicyclic) bond motifs is 1. The first-order valence-corrected chi connectivity index (χ1v) is 6.11. The lowest BCUT2D eigenvalue weighted by molar-refractivity contribution is 0.618. The maximum absolute atomic E-state index is 6.00. The number of hydrogen-bond donors (Lipinski definition) is 2. The fourth-order valence-electron chi connectivity index (χ4n) is 1.83. The van der Waals surface area contributed by atoms with Gasteiger partial charge in [0, 0.05) is 18.8 Å². The van der Waals surface area contributed by atoms with E-state index in [2.05, 4.69) is 15.4 Å². The molecule has 90 valence electrons. The minimum Gasteiger partial charge on any atom is -0.351 e. The van der Waals surface area contributed by atoms with E-state index < -0.39 is 0 Å². The van der Waals surface area contributed by atoms with E-state index in [0.717, 1.165) is 12.2 Å². The van der Waals surface area contributed by atoms with Crippen LogP contribution in [0.2, 0.25) is 5.02 Å². The molecule has 0 radical (unpaired) electrons. The molecule has 2 heterocycles. The Morgan fingerprint density at radius 3 is 3.12 bits per heavy atom. The highest BCUT2D eigenvalue weighted by Crippen LogP contribution is 2.31. The zero-order valence-electron chi connectivity index (χ0n) is 9.31. The summed E-state index contributed by atoms with van der Waals surface area (Å²) in [5.41, 5.74) is 6.77. The van der Waals surface area contributed by atoms with Gasteiger partial charge in [0.05, 0.1) is 5.02 Å². The van der Waals surface area contributed by atoms with Crippen LogP contribution < -0.4 is 11.1 Å². The Labute approximate surface area is 104 Å². The van der Waals surface area contributed by atoms with E-state index in [0.29, 0.717) is 16.9 Å². The molecule has 0 spiro atoms. The summed E-state index contributed by atoms with van der Waals surface area (Å²) in [7, 11) is 0. The molecule has 0 saturated heterocycles. The van der Waals surface area contributed by atoms with Gasteiger partial charge in [-0.1, -0.05) is 11.6 Å². The smallest absolute Gasteiger partial charge is 0.243 e. The fourth-order valence-corrected chi connectivity index (χ4v) is 1.99. The molecule has 6 heteroatoms. The largest absolute Gasteiger partial charge is 0.351 e. The molecule has 2 aromatic rings. The molecule has 17 heavy (non-hydrogen) atoms. The van der Waals surface area contributed by atoms with Crippen LogP contribution in [0.15, 0.2) is 18.3 Å². The number of nitrogens with zero attached hydrogens (tertiary/aromatic N) is 3. The van der Waals surface area contributed by atoms with Crippen molar-refractivity contribution in [2.75, 3.05) is 11.9 Å². The van der Waals surface area contributed by atoms with Crippen molar-refractivity contribution in [3.8, 4) is 0 Å². The highest BCUT2D eigenvalue weighted by atomic mass is 35.5. The van der Waals surface area contributed by atoms with Crippen molar-refractivity contribution in [3.05, 3.63) is 23.4 Å². The Kier molecular flexibility index (Phi) is 2.64. The second-order valence-electron chi connectivity index (χ2n) is 4.47. The van der Waals surface area contributed by atoms with E-state index in [-0.39, 0.29) is 6.04 Å². The zero-order valence-corrected chi connectivity index (χ0v) is 10.1. The average molecular weight is 252 g/mol. The van der Waals surface area contributed by atoms with Crippen LogP contribution in [0.25, 0.3) is 5.65 Å². The molecule has 0 aromatic carbocycles. The molecule has 1 atom stereocenters. The fraction of sp³-hybridized carbons (Fsp3) is 0.455. The van der Waals surface area contributed by atoms with Crippen molar-refractivity contribution in [1.82, 2.24) is 14.6 Å². The molecular formula is C11H14ClN5. The molecule has 0 bridgehead atoms. The van der Waals surface area contributed by atoms with Crippen LogP contribution in [-0.4, -0.2) is 27.2 Å². The van der Waals surface area contributed by atoms with Gasteiger partial charge in [-0.2, -0.15) is 4.98 Å². The predicted octanol–water partition coefficient (Wildman–Crippen LogP) is 1.53. The standard InChI is InChI=1S/C11H14ClN5/c12-8-3-4-10-15-11(16-17(10)6-8)14-5-9(13)7-1-2-7/h3-4,6-7,9H,1-2,5,13H2,(H,14,16). The summed E-state index contributed by atoms with van der Waals surface area (Å²) >= 11 is 5.88. The maximum Gasteiger partial charge on any atom is 0.243 e. The summed E-state index contributed by atoms with van der Waals surface area (Å²) in [6, 6.07) is 3.83. The van der Waals surface area contributed by atoms with Crippen LogP contribution >= 0.6 is 11.6 Å². The van der Waals surface area contributed by atoms with E-state index in [1.807, 2.05) is 6.07 Å². The lowest BCUT2D eigenvalue weighted by atomic mass is 10.2. The molecule has 0 amide bonds. The molecule has 1 unspecified atom stereocenters. The first kappa shape index (κ1) is 10.8. The van der Waals surface area contributed by atoms with Gasteiger partial charge in [0.2, 0.25) is 5.95 Å². The Balaban J connectivity index is 1.72.